The van der Waals surface area contributed by atoms with Crippen molar-refractivity contribution in [1.82, 2.24) is 19.5 Å². The molecule has 0 saturated carbocycles. The van der Waals surface area contributed by atoms with Crippen LogP contribution in [0.2, 0.25) is 0 Å². The fourth-order valence-electron chi connectivity index (χ4n) is 2.56. The van der Waals surface area contributed by atoms with E-state index in [2.05, 4.69) is 17.0 Å². The molecule has 0 aromatic carbocycles. The average molecular weight is 264 g/mol. The Balaban J connectivity index is 1.96. The van der Waals surface area contributed by atoms with Gasteiger partial charge in [-0.1, -0.05) is 18.3 Å². The number of rotatable bonds is 1. The fraction of sp³-hybridized carbons (Fsp3) is 0.583. The molecular weight excluding hydrogens is 248 g/mol. The van der Waals surface area contributed by atoms with Crippen LogP contribution in [0, 0.1) is 12.8 Å². The van der Waals surface area contributed by atoms with E-state index in [0.29, 0.717) is 11.6 Å². The predicted molar refractivity (Wildman–Crippen MR) is 69.9 cm³/mol. The first-order valence-electron chi connectivity index (χ1n) is 6.25. The van der Waals surface area contributed by atoms with Crippen molar-refractivity contribution in [3.05, 3.63) is 16.9 Å². The van der Waals surface area contributed by atoms with Crippen LogP contribution in [-0.4, -0.2) is 38.5 Å². The quantitative estimate of drug-likeness (QED) is 0.791. The minimum atomic E-state index is 0.0671. The van der Waals surface area contributed by atoms with Gasteiger partial charge in [-0.2, -0.15) is 9.61 Å². The van der Waals surface area contributed by atoms with E-state index >= 15 is 0 Å². The molecule has 0 bridgehead atoms. The van der Waals surface area contributed by atoms with Crippen LogP contribution in [-0.2, 0) is 0 Å². The lowest BCUT2D eigenvalue weighted by atomic mass is 10.00. The van der Waals surface area contributed by atoms with E-state index in [1.54, 1.807) is 10.0 Å². The lowest BCUT2D eigenvalue weighted by Gasteiger charge is -2.30. The monoisotopic (exact) mass is 264 g/mol. The Labute approximate surface area is 109 Å². The van der Waals surface area contributed by atoms with Gasteiger partial charge in [0.1, 0.15) is 5.51 Å². The van der Waals surface area contributed by atoms with Crippen LogP contribution >= 0.6 is 11.3 Å². The van der Waals surface area contributed by atoms with E-state index in [0.717, 1.165) is 30.2 Å². The van der Waals surface area contributed by atoms with Gasteiger partial charge in [-0.05, 0) is 25.7 Å². The molecule has 6 heteroatoms. The summed E-state index contributed by atoms with van der Waals surface area (Å²) in [5.41, 5.74) is 3.12. The van der Waals surface area contributed by atoms with Gasteiger partial charge >= 0.3 is 0 Å². The molecule has 96 valence electrons. The van der Waals surface area contributed by atoms with Crippen molar-refractivity contribution in [1.29, 1.82) is 0 Å². The third-order valence-electron chi connectivity index (χ3n) is 3.47. The highest BCUT2D eigenvalue weighted by atomic mass is 32.1. The summed E-state index contributed by atoms with van der Waals surface area (Å²) < 4.78 is 1.67. The van der Waals surface area contributed by atoms with Gasteiger partial charge in [0, 0.05) is 13.1 Å². The lowest BCUT2D eigenvalue weighted by molar-refractivity contribution is 0.0674. The molecule has 1 saturated heterocycles. The van der Waals surface area contributed by atoms with Crippen molar-refractivity contribution in [2.24, 2.45) is 5.92 Å². The highest BCUT2D eigenvalue weighted by Crippen LogP contribution is 2.21. The van der Waals surface area contributed by atoms with Crippen LogP contribution in [0.15, 0.2) is 5.51 Å². The van der Waals surface area contributed by atoms with Crippen LogP contribution in [0.25, 0.3) is 4.96 Å². The number of aromatic nitrogens is 3. The Morgan fingerprint density at radius 2 is 2.39 bits per heavy atom. The van der Waals surface area contributed by atoms with Crippen LogP contribution in [0.5, 0.6) is 0 Å². The van der Waals surface area contributed by atoms with E-state index < -0.39 is 0 Å². The number of likely N-dealkylation sites (tertiary alicyclic amines) is 1. The molecule has 3 heterocycles. The molecule has 18 heavy (non-hydrogen) atoms. The number of hydrogen-bond donors (Lipinski definition) is 0. The first-order valence-corrected chi connectivity index (χ1v) is 7.13. The first kappa shape index (κ1) is 11.6. The Morgan fingerprint density at radius 3 is 3.17 bits per heavy atom. The van der Waals surface area contributed by atoms with Gasteiger partial charge in [-0.15, -0.1) is 0 Å². The molecule has 1 amide bonds. The van der Waals surface area contributed by atoms with E-state index in [-0.39, 0.29) is 5.91 Å². The van der Waals surface area contributed by atoms with Gasteiger partial charge in [0.15, 0.2) is 5.69 Å². The highest BCUT2D eigenvalue weighted by Gasteiger charge is 2.26. The molecule has 0 N–H and O–H groups in total. The molecule has 1 atom stereocenters. The SMILES string of the molecule is Cc1nc2scnn2c1C(=O)N1CCCC(C)C1. The third-order valence-corrected chi connectivity index (χ3v) is 4.14. The zero-order valence-electron chi connectivity index (χ0n) is 10.6. The van der Waals surface area contributed by atoms with Crippen LogP contribution in [0.3, 0.4) is 0 Å². The number of amides is 1. The zero-order chi connectivity index (χ0) is 12.7. The highest BCUT2D eigenvalue weighted by molar-refractivity contribution is 7.14. The van der Waals surface area contributed by atoms with Gasteiger partial charge in [-0.3, -0.25) is 4.79 Å². The minimum Gasteiger partial charge on any atom is -0.337 e. The molecule has 1 aliphatic heterocycles. The molecule has 5 nitrogen and oxygen atoms in total. The summed E-state index contributed by atoms with van der Waals surface area (Å²) in [5, 5.41) is 4.20. The van der Waals surface area contributed by atoms with Crippen molar-refractivity contribution in [3.63, 3.8) is 0 Å². The summed E-state index contributed by atoms with van der Waals surface area (Å²) in [6.45, 7) is 5.76. The van der Waals surface area contributed by atoms with E-state index in [1.165, 1.54) is 17.8 Å². The van der Waals surface area contributed by atoms with E-state index in [9.17, 15) is 4.79 Å². The van der Waals surface area contributed by atoms with Crippen LogP contribution in [0.4, 0.5) is 0 Å². The fourth-order valence-corrected chi connectivity index (χ4v) is 3.23. The van der Waals surface area contributed by atoms with Crippen LogP contribution in [0.1, 0.15) is 35.9 Å². The molecule has 0 spiro atoms. The van der Waals surface area contributed by atoms with E-state index in [4.69, 9.17) is 0 Å². The second-order valence-corrected chi connectivity index (χ2v) is 5.79. The average Bonchev–Trinajstić information content (AvgIpc) is 2.88. The molecule has 1 aliphatic rings. The Hall–Kier alpha value is -1.43. The zero-order valence-corrected chi connectivity index (χ0v) is 11.4. The second-order valence-electron chi connectivity index (χ2n) is 4.98. The molecule has 0 aliphatic carbocycles. The van der Waals surface area contributed by atoms with Crippen LogP contribution < -0.4 is 0 Å². The summed E-state index contributed by atoms with van der Waals surface area (Å²) in [5.74, 6) is 0.652. The number of carbonyl (C=O) groups is 1. The maximum Gasteiger partial charge on any atom is 0.274 e. The number of hydrogen-bond acceptors (Lipinski definition) is 4. The van der Waals surface area contributed by atoms with Crippen molar-refractivity contribution < 1.29 is 4.79 Å². The lowest BCUT2D eigenvalue weighted by Crippen LogP contribution is -2.39. The second kappa shape index (κ2) is 4.35. The Kier molecular flexibility index (Phi) is 2.81. The molecule has 0 radical (unpaired) electrons. The first-order chi connectivity index (χ1) is 8.66. The molecule has 2 aromatic heterocycles. The number of carbonyl (C=O) groups excluding carboxylic acids is 1. The Morgan fingerprint density at radius 1 is 1.56 bits per heavy atom. The van der Waals surface area contributed by atoms with Gasteiger partial charge in [0.25, 0.3) is 5.91 Å². The van der Waals surface area contributed by atoms with Gasteiger partial charge in [0.05, 0.1) is 5.69 Å². The number of fused-ring (bicyclic) bond motifs is 1. The third kappa shape index (κ3) is 1.80. The standard InChI is InChI=1S/C12H16N4OS/c1-8-4-3-5-15(6-8)11(17)10-9(2)14-12-16(10)13-7-18-12/h7-8H,3-6H2,1-2H3. The number of nitrogens with zero attached hydrogens (tertiary/aromatic N) is 4. The smallest absolute Gasteiger partial charge is 0.274 e. The molecule has 3 rings (SSSR count). The topological polar surface area (TPSA) is 50.5 Å². The summed E-state index contributed by atoms with van der Waals surface area (Å²) in [4.78, 5) is 19.7. The molecular formula is C12H16N4OS. The summed E-state index contributed by atoms with van der Waals surface area (Å²) in [6, 6.07) is 0. The van der Waals surface area contributed by atoms with Crippen molar-refractivity contribution >= 4 is 22.2 Å². The van der Waals surface area contributed by atoms with Gasteiger partial charge in [-0.25, -0.2) is 4.98 Å². The largest absolute Gasteiger partial charge is 0.337 e. The molecule has 1 fully saturated rings. The molecule has 2 aromatic rings. The maximum atomic E-state index is 12.6. The minimum absolute atomic E-state index is 0.0671. The van der Waals surface area contributed by atoms with Crippen molar-refractivity contribution in [2.75, 3.05) is 13.1 Å². The van der Waals surface area contributed by atoms with Crippen molar-refractivity contribution in [3.8, 4) is 0 Å². The normalized spacial score (nSPS) is 20.6. The number of imidazole rings is 1. The van der Waals surface area contributed by atoms with Crippen molar-refractivity contribution in [2.45, 2.75) is 26.7 Å². The van der Waals surface area contributed by atoms with Gasteiger partial charge < -0.3 is 4.90 Å². The molecule has 1 unspecified atom stereocenters. The summed E-state index contributed by atoms with van der Waals surface area (Å²) >= 11 is 1.46. The van der Waals surface area contributed by atoms with Gasteiger partial charge in [0.2, 0.25) is 4.96 Å². The maximum absolute atomic E-state index is 12.6. The number of piperidine rings is 1. The Bertz CT molecular complexity index is 588. The van der Waals surface area contributed by atoms with E-state index in [1.807, 2.05) is 11.8 Å². The number of aryl methyl sites for hydroxylation is 1. The summed E-state index contributed by atoms with van der Waals surface area (Å²) in [7, 11) is 0. The summed E-state index contributed by atoms with van der Waals surface area (Å²) in [6.07, 6.45) is 2.30. The predicted octanol–water partition coefficient (Wildman–Crippen LogP) is 1.97.